The number of benzene rings is 2. The van der Waals surface area contributed by atoms with Crippen LogP contribution >= 0.6 is 0 Å². The van der Waals surface area contributed by atoms with Crippen molar-refractivity contribution in [1.82, 2.24) is 0 Å². The summed E-state index contributed by atoms with van der Waals surface area (Å²) in [6, 6.07) is 9.62. The van der Waals surface area contributed by atoms with E-state index in [1.807, 2.05) is 0 Å². The van der Waals surface area contributed by atoms with Crippen LogP contribution in [0.3, 0.4) is 0 Å². The quantitative estimate of drug-likeness (QED) is 0.411. The van der Waals surface area contributed by atoms with Gasteiger partial charge < -0.3 is 10.1 Å². The number of anilines is 2. The summed E-state index contributed by atoms with van der Waals surface area (Å²) in [6.45, 7) is 1.36. The van der Waals surface area contributed by atoms with Crippen LogP contribution in [0.25, 0.3) is 0 Å². The normalized spacial score (nSPS) is 12.0. The topological polar surface area (TPSA) is 136 Å². The fraction of sp³-hybridized carbons (Fsp3) is 0.222. The number of non-ortho nitro benzene ring substituents is 1. The molecule has 0 aliphatic heterocycles. The second-order valence-electron chi connectivity index (χ2n) is 6.07. The average Bonchev–Trinajstić information content (AvgIpc) is 2.67. The molecule has 2 rings (SSSR count). The largest absolute Gasteiger partial charge is 0.465 e. The van der Waals surface area contributed by atoms with Crippen molar-refractivity contribution in [2.24, 2.45) is 0 Å². The number of nitrogens with zero attached hydrogens (tertiary/aromatic N) is 2. The first-order valence-corrected chi connectivity index (χ1v) is 10.1. The average molecular weight is 421 g/mol. The minimum Gasteiger partial charge on any atom is -0.465 e. The van der Waals surface area contributed by atoms with Crippen LogP contribution in [0, 0.1) is 10.1 Å². The summed E-state index contributed by atoms with van der Waals surface area (Å²) in [5, 5.41) is 13.5. The number of carbonyl (C=O) groups is 2. The maximum atomic E-state index is 12.6. The highest BCUT2D eigenvalue weighted by Gasteiger charge is 2.30. The Balaban J connectivity index is 2.29. The second-order valence-corrected chi connectivity index (χ2v) is 7.93. The van der Waals surface area contributed by atoms with Crippen LogP contribution in [0.15, 0.2) is 48.5 Å². The van der Waals surface area contributed by atoms with Crippen LogP contribution in [0.4, 0.5) is 17.1 Å². The molecule has 1 amide bonds. The van der Waals surface area contributed by atoms with Crippen LogP contribution in [0.1, 0.15) is 17.3 Å². The number of rotatable bonds is 7. The molecule has 154 valence electrons. The Morgan fingerprint density at radius 3 is 2.31 bits per heavy atom. The summed E-state index contributed by atoms with van der Waals surface area (Å²) in [4.78, 5) is 34.4. The fourth-order valence-corrected chi connectivity index (χ4v) is 3.77. The van der Waals surface area contributed by atoms with E-state index in [4.69, 9.17) is 0 Å². The molecule has 0 spiro atoms. The van der Waals surface area contributed by atoms with E-state index in [1.54, 1.807) is 0 Å². The third-order valence-electron chi connectivity index (χ3n) is 3.96. The number of nitro benzene ring substituents is 1. The van der Waals surface area contributed by atoms with Crippen molar-refractivity contribution < 1.29 is 27.7 Å². The minimum atomic E-state index is -3.93. The van der Waals surface area contributed by atoms with E-state index in [-0.39, 0.29) is 16.9 Å². The molecule has 29 heavy (non-hydrogen) atoms. The van der Waals surface area contributed by atoms with Crippen molar-refractivity contribution in [2.75, 3.05) is 23.0 Å². The molecular formula is C18H19N3O7S. The minimum absolute atomic E-state index is 0.00890. The van der Waals surface area contributed by atoms with E-state index < -0.39 is 32.9 Å². The zero-order valence-corrected chi connectivity index (χ0v) is 16.7. The molecule has 1 atom stereocenters. The van der Waals surface area contributed by atoms with E-state index in [1.165, 1.54) is 56.5 Å². The highest BCUT2D eigenvalue weighted by atomic mass is 32.2. The monoisotopic (exact) mass is 421 g/mol. The van der Waals surface area contributed by atoms with Crippen molar-refractivity contribution in [1.29, 1.82) is 0 Å². The molecule has 0 bridgehead atoms. The number of carbonyl (C=O) groups excluding carboxylic acids is 2. The summed E-state index contributed by atoms with van der Waals surface area (Å²) >= 11 is 0. The smallest absolute Gasteiger partial charge is 0.337 e. The van der Waals surface area contributed by atoms with Gasteiger partial charge in [0.05, 0.1) is 29.5 Å². The lowest BCUT2D eigenvalue weighted by molar-refractivity contribution is -0.384. The first-order chi connectivity index (χ1) is 13.5. The molecule has 0 unspecified atom stereocenters. The van der Waals surface area contributed by atoms with Gasteiger partial charge in [-0.3, -0.25) is 19.2 Å². The zero-order chi connectivity index (χ0) is 21.8. The van der Waals surface area contributed by atoms with E-state index in [0.717, 1.165) is 16.6 Å². The third-order valence-corrected chi connectivity index (χ3v) is 5.20. The molecule has 0 saturated carbocycles. The van der Waals surface area contributed by atoms with Crippen LogP contribution in [-0.2, 0) is 19.6 Å². The van der Waals surface area contributed by atoms with Gasteiger partial charge in [0, 0.05) is 17.8 Å². The van der Waals surface area contributed by atoms with Crippen molar-refractivity contribution in [3.63, 3.8) is 0 Å². The van der Waals surface area contributed by atoms with Gasteiger partial charge in [-0.05, 0) is 37.3 Å². The van der Waals surface area contributed by atoms with Crippen molar-refractivity contribution >= 4 is 39.0 Å². The summed E-state index contributed by atoms with van der Waals surface area (Å²) in [7, 11) is -2.69. The standard InChI is InChI=1S/C18H19N3O7S/c1-12(17(22)19-14-9-7-13(8-10-14)18(23)28-2)20(29(3,26)27)15-5-4-6-16(11-15)21(24)25/h4-12H,1-3H3,(H,19,22)/t12-/m0/s1. The highest BCUT2D eigenvalue weighted by molar-refractivity contribution is 7.92. The number of nitrogens with one attached hydrogen (secondary N) is 1. The zero-order valence-electron chi connectivity index (χ0n) is 15.9. The van der Waals surface area contributed by atoms with Crippen LogP contribution < -0.4 is 9.62 Å². The van der Waals surface area contributed by atoms with Gasteiger partial charge in [0.2, 0.25) is 15.9 Å². The Hall–Kier alpha value is -3.47. The molecule has 0 aromatic heterocycles. The molecule has 0 aliphatic rings. The van der Waals surface area contributed by atoms with Crippen LogP contribution in [-0.4, -0.2) is 44.6 Å². The SMILES string of the molecule is COC(=O)c1ccc(NC(=O)[C@H](C)N(c2cccc([N+](=O)[O-])c2)S(C)(=O)=O)cc1. The Morgan fingerprint density at radius 1 is 1.17 bits per heavy atom. The first-order valence-electron chi connectivity index (χ1n) is 8.27. The Labute approximate surface area is 167 Å². The van der Waals surface area contributed by atoms with Gasteiger partial charge in [0.1, 0.15) is 6.04 Å². The summed E-state index contributed by atoms with van der Waals surface area (Å²) in [6.07, 6.45) is 0.904. The van der Waals surface area contributed by atoms with Gasteiger partial charge in [-0.2, -0.15) is 0 Å². The fourth-order valence-electron chi connectivity index (χ4n) is 2.61. The molecule has 2 aromatic rings. The predicted octanol–water partition coefficient (Wildman–Crippen LogP) is 2.17. The molecule has 0 fully saturated rings. The van der Waals surface area contributed by atoms with E-state index in [0.29, 0.717) is 5.69 Å². The molecular weight excluding hydrogens is 402 g/mol. The lowest BCUT2D eigenvalue weighted by Gasteiger charge is -2.28. The van der Waals surface area contributed by atoms with E-state index in [9.17, 15) is 28.1 Å². The third kappa shape index (κ3) is 5.29. The van der Waals surface area contributed by atoms with Crippen molar-refractivity contribution in [3.05, 3.63) is 64.2 Å². The van der Waals surface area contributed by atoms with Crippen LogP contribution in [0.2, 0.25) is 0 Å². The van der Waals surface area contributed by atoms with Gasteiger partial charge in [0.25, 0.3) is 5.69 Å². The molecule has 2 aromatic carbocycles. The molecule has 10 nitrogen and oxygen atoms in total. The van der Waals surface area contributed by atoms with Crippen molar-refractivity contribution in [2.45, 2.75) is 13.0 Å². The number of sulfonamides is 1. The van der Waals surface area contributed by atoms with Gasteiger partial charge >= 0.3 is 5.97 Å². The number of ether oxygens (including phenoxy) is 1. The Kier molecular flexibility index (Phi) is 6.54. The lowest BCUT2D eigenvalue weighted by Crippen LogP contribution is -2.45. The van der Waals surface area contributed by atoms with Gasteiger partial charge in [-0.25, -0.2) is 13.2 Å². The number of esters is 1. The first kappa shape index (κ1) is 21.8. The van der Waals surface area contributed by atoms with E-state index in [2.05, 4.69) is 10.1 Å². The lowest BCUT2D eigenvalue weighted by atomic mass is 10.2. The summed E-state index contributed by atoms with van der Waals surface area (Å²) < 4.78 is 30.0. The number of hydrogen-bond donors (Lipinski definition) is 1. The number of methoxy groups -OCH3 is 1. The number of nitro groups is 1. The molecule has 0 heterocycles. The van der Waals surface area contributed by atoms with Crippen LogP contribution in [0.5, 0.6) is 0 Å². The highest BCUT2D eigenvalue weighted by Crippen LogP contribution is 2.25. The maximum absolute atomic E-state index is 12.6. The van der Waals surface area contributed by atoms with Gasteiger partial charge in [-0.15, -0.1) is 0 Å². The molecule has 11 heteroatoms. The Bertz CT molecular complexity index is 1040. The molecule has 1 N–H and O–H groups in total. The maximum Gasteiger partial charge on any atom is 0.337 e. The summed E-state index contributed by atoms with van der Waals surface area (Å²) in [5.74, 6) is -1.20. The molecule has 0 radical (unpaired) electrons. The van der Waals surface area contributed by atoms with E-state index >= 15 is 0 Å². The number of amides is 1. The molecule has 0 aliphatic carbocycles. The summed E-state index contributed by atoms with van der Waals surface area (Å²) in [5.41, 5.74) is 0.308. The second kappa shape index (κ2) is 8.69. The number of hydrogen-bond acceptors (Lipinski definition) is 7. The van der Waals surface area contributed by atoms with Crippen molar-refractivity contribution in [3.8, 4) is 0 Å². The van der Waals surface area contributed by atoms with Gasteiger partial charge in [0.15, 0.2) is 0 Å². The Morgan fingerprint density at radius 2 is 1.79 bits per heavy atom. The molecule has 0 saturated heterocycles. The predicted molar refractivity (Wildman–Crippen MR) is 106 cm³/mol. The van der Waals surface area contributed by atoms with Gasteiger partial charge in [-0.1, -0.05) is 6.07 Å².